The third-order valence-corrected chi connectivity index (χ3v) is 5.45. The molecule has 2 aromatic rings. The maximum absolute atomic E-state index is 12.5. The Morgan fingerprint density at radius 2 is 2.03 bits per heavy atom. The van der Waals surface area contributed by atoms with Crippen molar-refractivity contribution >= 4 is 5.97 Å². The molecule has 2 aliphatic rings. The molecule has 0 aliphatic carbocycles. The Kier molecular flexibility index (Phi) is 6.24. The second kappa shape index (κ2) is 9.06. The summed E-state index contributed by atoms with van der Waals surface area (Å²) < 4.78 is 18.6. The van der Waals surface area contributed by atoms with Crippen molar-refractivity contribution in [3.8, 4) is 11.5 Å². The minimum atomic E-state index is -0.335. The molecule has 30 heavy (non-hydrogen) atoms. The Morgan fingerprint density at radius 3 is 2.80 bits per heavy atom. The molecule has 8 heteroatoms. The average molecular weight is 415 g/mol. The lowest BCUT2D eigenvalue weighted by molar-refractivity contribution is 0.0515. The van der Waals surface area contributed by atoms with E-state index in [0.29, 0.717) is 32.1 Å². The van der Waals surface area contributed by atoms with Gasteiger partial charge in [0, 0.05) is 43.9 Å². The smallest absolute Gasteiger partial charge is 0.359 e. The standard InChI is InChI=1S/C22H30N4O4/c1-4-28-22(27)21-17-15-25(8-7-18(17)26(23-21)10-9-24(2)3)14-16-5-6-19-20(13-16)30-12-11-29-19/h5-6,13H,4,7-12,14-15H2,1-3H3. The fourth-order valence-electron chi connectivity index (χ4n) is 3.97. The molecular weight excluding hydrogens is 384 g/mol. The number of likely N-dealkylation sites (N-methyl/N-ethyl adjacent to an activating group) is 1. The van der Waals surface area contributed by atoms with Crippen molar-refractivity contribution in [3.63, 3.8) is 0 Å². The van der Waals surface area contributed by atoms with Crippen molar-refractivity contribution in [2.24, 2.45) is 0 Å². The molecule has 0 bridgehead atoms. The lowest BCUT2D eigenvalue weighted by Gasteiger charge is -2.28. The Labute approximate surface area is 177 Å². The summed E-state index contributed by atoms with van der Waals surface area (Å²) in [5.41, 5.74) is 3.77. The fourth-order valence-corrected chi connectivity index (χ4v) is 3.97. The molecule has 2 aliphatic heterocycles. The lowest BCUT2D eigenvalue weighted by atomic mass is 10.0. The van der Waals surface area contributed by atoms with Gasteiger partial charge in [-0.15, -0.1) is 0 Å². The molecule has 0 fully saturated rings. The predicted octanol–water partition coefficient (Wildman–Crippen LogP) is 1.95. The van der Waals surface area contributed by atoms with Crippen LogP contribution in [-0.2, 0) is 30.8 Å². The van der Waals surface area contributed by atoms with E-state index in [1.54, 1.807) is 0 Å². The van der Waals surface area contributed by atoms with Crippen LogP contribution in [0.15, 0.2) is 18.2 Å². The number of hydrogen-bond donors (Lipinski definition) is 0. The van der Waals surface area contributed by atoms with E-state index in [1.165, 1.54) is 5.56 Å². The molecule has 0 saturated carbocycles. The summed E-state index contributed by atoms with van der Waals surface area (Å²) in [4.78, 5) is 17.0. The second-order valence-corrected chi connectivity index (χ2v) is 7.96. The van der Waals surface area contributed by atoms with Gasteiger partial charge >= 0.3 is 5.97 Å². The minimum Gasteiger partial charge on any atom is -0.486 e. The molecule has 4 rings (SSSR count). The predicted molar refractivity (Wildman–Crippen MR) is 112 cm³/mol. The molecule has 0 atom stereocenters. The van der Waals surface area contributed by atoms with E-state index < -0.39 is 0 Å². The number of carbonyl (C=O) groups excluding carboxylic acids is 1. The van der Waals surface area contributed by atoms with Crippen LogP contribution in [0.1, 0.15) is 34.2 Å². The summed E-state index contributed by atoms with van der Waals surface area (Å²) in [7, 11) is 4.08. The van der Waals surface area contributed by atoms with Crippen LogP contribution in [0.4, 0.5) is 0 Å². The maximum atomic E-state index is 12.5. The Morgan fingerprint density at radius 1 is 1.23 bits per heavy atom. The SMILES string of the molecule is CCOC(=O)c1nn(CCN(C)C)c2c1CN(Cc1ccc3c(c1)OCCO3)CC2. The van der Waals surface area contributed by atoms with Crippen LogP contribution in [0, 0.1) is 0 Å². The van der Waals surface area contributed by atoms with Gasteiger partial charge in [0.15, 0.2) is 17.2 Å². The first kappa shape index (κ1) is 20.7. The van der Waals surface area contributed by atoms with Gasteiger partial charge in [-0.3, -0.25) is 9.58 Å². The Bertz CT molecular complexity index is 909. The number of nitrogens with zero attached hydrogens (tertiary/aromatic N) is 4. The van der Waals surface area contributed by atoms with Gasteiger partial charge in [0.2, 0.25) is 0 Å². The molecule has 1 aromatic carbocycles. The maximum Gasteiger partial charge on any atom is 0.359 e. The van der Waals surface area contributed by atoms with Crippen LogP contribution in [0.2, 0.25) is 0 Å². The number of rotatable bonds is 7. The van der Waals surface area contributed by atoms with Crippen LogP contribution >= 0.6 is 0 Å². The summed E-state index contributed by atoms with van der Waals surface area (Å²) in [6.07, 6.45) is 0.861. The number of aromatic nitrogens is 2. The Balaban J connectivity index is 1.53. The van der Waals surface area contributed by atoms with E-state index >= 15 is 0 Å². The third kappa shape index (κ3) is 4.44. The van der Waals surface area contributed by atoms with Gasteiger partial charge in [-0.1, -0.05) is 6.07 Å². The van der Waals surface area contributed by atoms with Gasteiger partial charge in [0.1, 0.15) is 13.2 Å². The first-order chi connectivity index (χ1) is 14.5. The molecule has 0 spiro atoms. The molecule has 0 unspecified atom stereocenters. The summed E-state index contributed by atoms with van der Waals surface area (Å²) in [5.74, 6) is 1.27. The molecule has 1 aromatic heterocycles. The summed E-state index contributed by atoms with van der Waals surface area (Å²) in [6.45, 7) is 7.35. The quantitative estimate of drug-likeness (QED) is 0.642. The first-order valence-electron chi connectivity index (χ1n) is 10.6. The second-order valence-electron chi connectivity index (χ2n) is 7.96. The van der Waals surface area contributed by atoms with Gasteiger partial charge in [-0.05, 0) is 38.7 Å². The molecule has 0 amide bonds. The largest absolute Gasteiger partial charge is 0.486 e. The number of esters is 1. The summed E-state index contributed by atoms with van der Waals surface area (Å²) >= 11 is 0. The van der Waals surface area contributed by atoms with Crippen LogP contribution in [0.25, 0.3) is 0 Å². The van der Waals surface area contributed by atoms with Crippen molar-refractivity contribution in [2.45, 2.75) is 33.0 Å². The Hall–Kier alpha value is -2.58. The summed E-state index contributed by atoms with van der Waals surface area (Å²) in [5, 5.41) is 4.63. The number of benzene rings is 1. The van der Waals surface area contributed by atoms with Crippen molar-refractivity contribution in [1.29, 1.82) is 0 Å². The zero-order chi connectivity index (χ0) is 21.1. The number of fused-ring (bicyclic) bond motifs is 2. The van der Waals surface area contributed by atoms with E-state index in [0.717, 1.165) is 55.4 Å². The zero-order valence-corrected chi connectivity index (χ0v) is 18.0. The van der Waals surface area contributed by atoms with Gasteiger partial charge in [-0.2, -0.15) is 5.10 Å². The lowest BCUT2D eigenvalue weighted by Crippen LogP contribution is -2.32. The van der Waals surface area contributed by atoms with E-state index in [1.807, 2.05) is 31.8 Å². The van der Waals surface area contributed by atoms with Crippen LogP contribution < -0.4 is 9.47 Å². The third-order valence-electron chi connectivity index (χ3n) is 5.45. The normalized spacial score (nSPS) is 15.9. The molecule has 0 radical (unpaired) electrons. The number of hydrogen-bond acceptors (Lipinski definition) is 7. The highest BCUT2D eigenvalue weighted by Gasteiger charge is 2.29. The molecular formula is C22H30N4O4. The van der Waals surface area contributed by atoms with E-state index in [4.69, 9.17) is 14.2 Å². The molecule has 162 valence electrons. The van der Waals surface area contributed by atoms with Crippen LogP contribution in [0.3, 0.4) is 0 Å². The number of ether oxygens (including phenoxy) is 3. The van der Waals surface area contributed by atoms with E-state index in [-0.39, 0.29) is 5.97 Å². The first-order valence-corrected chi connectivity index (χ1v) is 10.6. The molecule has 0 saturated heterocycles. The topological polar surface area (TPSA) is 69.1 Å². The van der Waals surface area contributed by atoms with Gasteiger partial charge in [0.05, 0.1) is 13.2 Å². The average Bonchev–Trinajstić information content (AvgIpc) is 3.10. The zero-order valence-electron chi connectivity index (χ0n) is 18.0. The molecule has 0 N–H and O–H groups in total. The van der Waals surface area contributed by atoms with E-state index in [2.05, 4.69) is 27.0 Å². The molecule has 3 heterocycles. The summed E-state index contributed by atoms with van der Waals surface area (Å²) in [6, 6.07) is 6.11. The van der Waals surface area contributed by atoms with Crippen molar-refractivity contribution < 1.29 is 19.0 Å². The molecule has 8 nitrogen and oxygen atoms in total. The highest BCUT2D eigenvalue weighted by molar-refractivity contribution is 5.89. The van der Waals surface area contributed by atoms with Crippen molar-refractivity contribution in [1.82, 2.24) is 19.6 Å². The van der Waals surface area contributed by atoms with Gasteiger partial charge in [0.25, 0.3) is 0 Å². The van der Waals surface area contributed by atoms with Crippen molar-refractivity contribution in [2.75, 3.05) is 47.0 Å². The fraction of sp³-hybridized carbons (Fsp3) is 0.545. The highest BCUT2D eigenvalue weighted by Crippen LogP contribution is 2.32. The van der Waals surface area contributed by atoms with Crippen LogP contribution in [0.5, 0.6) is 11.5 Å². The van der Waals surface area contributed by atoms with Gasteiger partial charge in [-0.25, -0.2) is 4.79 Å². The highest BCUT2D eigenvalue weighted by atomic mass is 16.6. The van der Waals surface area contributed by atoms with Crippen LogP contribution in [-0.4, -0.2) is 72.6 Å². The van der Waals surface area contributed by atoms with Gasteiger partial charge < -0.3 is 19.1 Å². The van der Waals surface area contributed by atoms with Crippen molar-refractivity contribution in [3.05, 3.63) is 40.7 Å². The monoisotopic (exact) mass is 414 g/mol. The van der Waals surface area contributed by atoms with E-state index in [9.17, 15) is 4.79 Å². The minimum absolute atomic E-state index is 0.335. The number of carbonyl (C=O) groups is 1.